The van der Waals surface area contributed by atoms with Gasteiger partial charge in [-0.1, -0.05) is 6.07 Å². The minimum absolute atomic E-state index is 0.316. The number of hydrogen-bond donors (Lipinski definition) is 1. The number of hydrogen-bond acceptors (Lipinski definition) is 3. The molecule has 90 valence electrons. The Balaban J connectivity index is 3.12. The molecule has 0 bridgehead atoms. The van der Waals surface area contributed by atoms with Gasteiger partial charge in [-0.2, -0.15) is 0 Å². The molecule has 2 N–H and O–H groups in total. The van der Waals surface area contributed by atoms with E-state index < -0.39 is 12.3 Å². The number of methoxy groups -OCH3 is 2. The van der Waals surface area contributed by atoms with Gasteiger partial charge in [-0.3, -0.25) is 0 Å². The Labute approximate surface area is 95.4 Å². The molecule has 0 fully saturated rings. The second-order valence-corrected chi connectivity index (χ2v) is 3.84. The molecular formula is C12H18FNO2. The molecule has 0 heterocycles. The molecule has 0 spiro atoms. The number of rotatable bonds is 4. The van der Waals surface area contributed by atoms with E-state index >= 15 is 0 Å². The van der Waals surface area contributed by atoms with Crippen LogP contribution in [0.5, 0.6) is 0 Å². The quantitative estimate of drug-likeness (QED) is 0.801. The van der Waals surface area contributed by atoms with E-state index in [0.29, 0.717) is 5.56 Å². The summed E-state index contributed by atoms with van der Waals surface area (Å²) in [6, 6.07) is 2.72. The summed E-state index contributed by atoms with van der Waals surface area (Å²) in [6.45, 7) is 3.67. The van der Waals surface area contributed by atoms with E-state index in [1.165, 1.54) is 20.3 Å². The van der Waals surface area contributed by atoms with Crippen LogP contribution in [0, 0.1) is 19.7 Å². The van der Waals surface area contributed by atoms with E-state index in [2.05, 4.69) is 0 Å². The summed E-state index contributed by atoms with van der Waals surface area (Å²) < 4.78 is 23.9. The average Bonchev–Trinajstić information content (AvgIpc) is 2.17. The Morgan fingerprint density at radius 3 is 2.19 bits per heavy atom. The normalized spacial score (nSPS) is 13.2. The van der Waals surface area contributed by atoms with Crippen molar-refractivity contribution in [3.8, 4) is 0 Å². The smallest absolute Gasteiger partial charge is 0.176 e. The van der Waals surface area contributed by atoms with Gasteiger partial charge in [-0.15, -0.1) is 0 Å². The van der Waals surface area contributed by atoms with Gasteiger partial charge in [0.25, 0.3) is 0 Å². The minimum Gasteiger partial charge on any atom is -0.354 e. The van der Waals surface area contributed by atoms with Crippen LogP contribution < -0.4 is 5.73 Å². The van der Waals surface area contributed by atoms with Gasteiger partial charge in [0.2, 0.25) is 0 Å². The third kappa shape index (κ3) is 2.58. The molecule has 4 heteroatoms. The van der Waals surface area contributed by atoms with Gasteiger partial charge in [0, 0.05) is 19.8 Å². The van der Waals surface area contributed by atoms with Crippen molar-refractivity contribution in [1.29, 1.82) is 0 Å². The molecule has 3 nitrogen and oxygen atoms in total. The number of halogens is 1. The number of nitrogens with two attached hydrogens (primary N) is 1. The van der Waals surface area contributed by atoms with E-state index in [1.54, 1.807) is 0 Å². The molecular weight excluding hydrogens is 209 g/mol. The van der Waals surface area contributed by atoms with Crippen LogP contribution in [0.1, 0.15) is 22.7 Å². The van der Waals surface area contributed by atoms with Crippen LogP contribution in [0.15, 0.2) is 12.1 Å². The van der Waals surface area contributed by atoms with E-state index in [1.807, 2.05) is 19.9 Å². The molecule has 1 unspecified atom stereocenters. The highest BCUT2D eigenvalue weighted by atomic mass is 19.1. The summed E-state index contributed by atoms with van der Waals surface area (Å²) in [4.78, 5) is 0. The number of ether oxygens (including phenoxy) is 2. The molecule has 1 rings (SSSR count). The van der Waals surface area contributed by atoms with Gasteiger partial charge in [0.15, 0.2) is 6.29 Å². The van der Waals surface area contributed by atoms with Gasteiger partial charge in [-0.05, 0) is 31.0 Å². The Morgan fingerprint density at radius 1 is 1.19 bits per heavy atom. The minimum atomic E-state index is -0.643. The SMILES string of the molecule is COC(OC)C(N)c1c(C)cc(C)cc1F. The first-order valence-corrected chi connectivity index (χ1v) is 5.09. The highest BCUT2D eigenvalue weighted by molar-refractivity contribution is 5.34. The number of benzene rings is 1. The third-order valence-electron chi connectivity index (χ3n) is 2.57. The van der Waals surface area contributed by atoms with Crippen molar-refractivity contribution in [1.82, 2.24) is 0 Å². The molecule has 1 aromatic rings. The first-order valence-electron chi connectivity index (χ1n) is 5.09. The predicted molar refractivity (Wildman–Crippen MR) is 60.6 cm³/mol. The zero-order chi connectivity index (χ0) is 12.3. The lowest BCUT2D eigenvalue weighted by Crippen LogP contribution is -2.31. The summed E-state index contributed by atoms with van der Waals surface area (Å²) in [5.41, 5.74) is 8.05. The molecule has 0 saturated heterocycles. The first kappa shape index (κ1) is 13.1. The van der Waals surface area contributed by atoms with Gasteiger partial charge in [0.1, 0.15) is 5.82 Å². The fraction of sp³-hybridized carbons (Fsp3) is 0.500. The van der Waals surface area contributed by atoms with Crippen LogP contribution in [0.2, 0.25) is 0 Å². The van der Waals surface area contributed by atoms with E-state index in [4.69, 9.17) is 15.2 Å². The number of aryl methyl sites for hydroxylation is 2. The van der Waals surface area contributed by atoms with Gasteiger partial charge < -0.3 is 15.2 Å². The maximum atomic E-state index is 13.8. The summed E-state index contributed by atoms with van der Waals surface area (Å²) in [7, 11) is 2.96. The molecule has 0 aliphatic heterocycles. The van der Waals surface area contributed by atoms with Crippen molar-refractivity contribution in [3.63, 3.8) is 0 Å². The van der Waals surface area contributed by atoms with Crippen molar-refractivity contribution in [2.45, 2.75) is 26.2 Å². The standard InChI is InChI=1S/C12H18FNO2/c1-7-5-8(2)10(9(13)6-7)11(14)12(15-3)16-4/h5-6,11-12H,14H2,1-4H3. The molecule has 1 atom stereocenters. The Bertz CT molecular complexity index is 341. The maximum absolute atomic E-state index is 13.8. The summed E-state index contributed by atoms with van der Waals surface area (Å²) in [6.07, 6.45) is -0.643. The van der Waals surface area contributed by atoms with Crippen molar-refractivity contribution in [2.75, 3.05) is 14.2 Å². The molecule has 0 radical (unpaired) electrons. The highest BCUT2D eigenvalue weighted by Gasteiger charge is 2.23. The maximum Gasteiger partial charge on any atom is 0.176 e. The molecule has 0 saturated carbocycles. The fourth-order valence-electron chi connectivity index (χ4n) is 1.87. The molecule has 0 aliphatic rings. The van der Waals surface area contributed by atoms with Crippen molar-refractivity contribution in [3.05, 3.63) is 34.6 Å². The third-order valence-corrected chi connectivity index (χ3v) is 2.57. The van der Waals surface area contributed by atoms with E-state index in [9.17, 15) is 4.39 Å². The van der Waals surface area contributed by atoms with Gasteiger partial charge in [-0.25, -0.2) is 4.39 Å². The Hall–Kier alpha value is -0.970. The fourth-order valence-corrected chi connectivity index (χ4v) is 1.87. The Kier molecular flexibility index (Phi) is 4.41. The topological polar surface area (TPSA) is 44.5 Å². The van der Waals surface area contributed by atoms with Crippen LogP contribution in [-0.4, -0.2) is 20.5 Å². The molecule has 0 aromatic heterocycles. The summed E-state index contributed by atoms with van der Waals surface area (Å²) in [5, 5.41) is 0. The highest BCUT2D eigenvalue weighted by Crippen LogP contribution is 2.24. The van der Waals surface area contributed by atoms with Crippen LogP contribution >= 0.6 is 0 Å². The van der Waals surface area contributed by atoms with Crippen LogP contribution in [0.3, 0.4) is 0 Å². The first-order chi connectivity index (χ1) is 7.51. The van der Waals surface area contributed by atoms with Gasteiger partial charge >= 0.3 is 0 Å². The van der Waals surface area contributed by atoms with Crippen LogP contribution in [-0.2, 0) is 9.47 Å². The Morgan fingerprint density at radius 2 is 1.75 bits per heavy atom. The predicted octanol–water partition coefficient (Wildman–Crippen LogP) is 2.06. The lowest BCUT2D eigenvalue weighted by Gasteiger charge is -2.23. The van der Waals surface area contributed by atoms with Crippen LogP contribution in [0.4, 0.5) is 4.39 Å². The van der Waals surface area contributed by atoms with Crippen molar-refractivity contribution >= 4 is 0 Å². The monoisotopic (exact) mass is 227 g/mol. The largest absolute Gasteiger partial charge is 0.354 e. The van der Waals surface area contributed by atoms with E-state index in [0.717, 1.165) is 11.1 Å². The zero-order valence-electron chi connectivity index (χ0n) is 10.1. The van der Waals surface area contributed by atoms with E-state index in [-0.39, 0.29) is 5.82 Å². The summed E-state index contributed by atoms with van der Waals surface area (Å²) in [5.74, 6) is -0.316. The average molecular weight is 227 g/mol. The molecule has 1 aromatic carbocycles. The molecule has 0 amide bonds. The van der Waals surface area contributed by atoms with Gasteiger partial charge in [0.05, 0.1) is 6.04 Å². The van der Waals surface area contributed by atoms with Crippen molar-refractivity contribution < 1.29 is 13.9 Å². The van der Waals surface area contributed by atoms with Crippen LogP contribution in [0.25, 0.3) is 0 Å². The lowest BCUT2D eigenvalue weighted by atomic mass is 9.98. The second kappa shape index (κ2) is 5.39. The summed E-state index contributed by atoms with van der Waals surface area (Å²) >= 11 is 0. The lowest BCUT2D eigenvalue weighted by molar-refractivity contribution is -0.117. The second-order valence-electron chi connectivity index (χ2n) is 3.84. The zero-order valence-corrected chi connectivity index (χ0v) is 10.1. The molecule has 0 aliphatic carbocycles. The molecule has 16 heavy (non-hydrogen) atoms. The van der Waals surface area contributed by atoms with Crippen molar-refractivity contribution in [2.24, 2.45) is 5.73 Å².